The number of amides is 1. The Morgan fingerprint density at radius 1 is 1.17 bits per heavy atom. The first-order valence-corrected chi connectivity index (χ1v) is 10.5. The van der Waals surface area contributed by atoms with Gasteiger partial charge < -0.3 is 10.2 Å². The Kier molecular flexibility index (Phi) is 4.50. The Hall–Kier alpha value is -2.87. The molecule has 1 heterocycles. The molecule has 1 N–H and O–H groups in total. The van der Waals surface area contributed by atoms with E-state index in [9.17, 15) is 14.4 Å². The molecule has 2 fully saturated rings. The topological polar surface area (TPSA) is 56.1 Å². The molecule has 4 nitrogen and oxygen atoms in total. The van der Waals surface area contributed by atoms with E-state index in [1.54, 1.807) is 12.1 Å². The molecule has 5 rings (SSSR count). The number of nitrogens with zero attached hydrogens (tertiary/aromatic N) is 2. The molecule has 0 bridgehead atoms. The summed E-state index contributed by atoms with van der Waals surface area (Å²) in [5.41, 5.74) is 3.94. The summed E-state index contributed by atoms with van der Waals surface area (Å²) in [4.78, 5) is 14.6. The van der Waals surface area contributed by atoms with Crippen molar-refractivity contribution in [1.82, 2.24) is 5.32 Å². The molecule has 29 heavy (non-hydrogen) atoms. The van der Waals surface area contributed by atoms with Crippen LogP contribution in [-0.4, -0.2) is 18.0 Å². The zero-order valence-electron chi connectivity index (χ0n) is 16.3. The van der Waals surface area contributed by atoms with Gasteiger partial charge in [0.1, 0.15) is 5.82 Å². The molecule has 1 amide bonds. The zero-order valence-corrected chi connectivity index (χ0v) is 16.3. The lowest BCUT2D eigenvalue weighted by Crippen LogP contribution is -2.45. The van der Waals surface area contributed by atoms with Gasteiger partial charge in [0, 0.05) is 36.2 Å². The molecule has 5 heteroatoms. The summed E-state index contributed by atoms with van der Waals surface area (Å²) in [7, 11) is 0. The van der Waals surface area contributed by atoms with Crippen molar-refractivity contribution in [3.05, 3.63) is 65.0 Å². The highest BCUT2D eigenvalue weighted by atomic mass is 19.1. The second kappa shape index (κ2) is 7.18. The molecule has 0 spiro atoms. The standard InChI is InChI=1S/C24H24FN3O/c25-18-3-1-2-16(10-18)14-28-22-8-4-15(13-26)11-20(22)21-12-19(7-9-23(21)28)27-24(29)17-5-6-17/h1-4,8,10-11,17,19,21,23H,5-7,9,12,14H2,(H,27,29)/t19-,21?,23?/m1/s1. The molecule has 1 aliphatic heterocycles. The molecule has 148 valence electrons. The van der Waals surface area contributed by atoms with Gasteiger partial charge in [-0.2, -0.15) is 5.26 Å². The van der Waals surface area contributed by atoms with E-state index >= 15 is 0 Å². The molecular formula is C24H24FN3O. The minimum absolute atomic E-state index is 0.192. The largest absolute Gasteiger partial charge is 0.363 e. The molecule has 3 aliphatic rings. The molecule has 2 aliphatic carbocycles. The summed E-state index contributed by atoms with van der Waals surface area (Å²) >= 11 is 0. The van der Waals surface area contributed by atoms with Crippen molar-refractivity contribution >= 4 is 11.6 Å². The third-order valence-electron chi connectivity index (χ3n) is 6.62. The number of halogens is 1. The lowest BCUT2D eigenvalue weighted by molar-refractivity contribution is -0.123. The second-order valence-corrected chi connectivity index (χ2v) is 8.61. The van der Waals surface area contributed by atoms with E-state index in [1.807, 2.05) is 24.3 Å². The first-order valence-electron chi connectivity index (χ1n) is 10.5. The van der Waals surface area contributed by atoms with Crippen LogP contribution in [0.25, 0.3) is 0 Å². The van der Waals surface area contributed by atoms with Crippen LogP contribution in [0.3, 0.4) is 0 Å². The van der Waals surface area contributed by atoms with Crippen LogP contribution in [0.2, 0.25) is 0 Å². The maximum Gasteiger partial charge on any atom is 0.223 e. The lowest BCUT2D eigenvalue weighted by Gasteiger charge is -2.37. The fourth-order valence-corrected chi connectivity index (χ4v) is 5.05. The van der Waals surface area contributed by atoms with Gasteiger partial charge in [-0.05, 0) is 73.6 Å². The van der Waals surface area contributed by atoms with Gasteiger partial charge in [0.2, 0.25) is 5.91 Å². The van der Waals surface area contributed by atoms with Crippen molar-refractivity contribution in [2.24, 2.45) is 5.92 Å². The lowest BCUT2D eigenvalue weighted by atomic mass is 9.79. The van der Waals surface area contributed by atoms with Crippen molar-refractivity contribution in [1.29, 1.82) is 5.26 Å². The van der Waals surface area contributed by atoms with Gasteiger partial charge in [-0.15, -0.1) is 0 Å². The smallest absolute Gasteiger partial charge is 0.223 e. The van der Waals surface area contributed by atoms with Crippen molar-refractivity contribution in [3.8, 4) is 6.07 Å². The minimum atomic E-state index is -0.218. The number of hydrogen-bond acceptors (Lipinski definition) is 3. The quantitative estimate of drug-likeness (QED) is 0.851. The van der Waals surface area contributed by atoms with E-state index in [0.29, 0.717) is 18.2 Å². The maximum atomic E-state index is 13.7. The van der Waals surface area contributed by atoms with Crippen LogP contribution in [0.15, 0.2) is 42.5 Å². The fraction of sp³-hybridized carbons (Fsp3) is 0.417. The van der Waals surface area contributed by atoms with Crippen LogP contribution in [0.4, 0.5) is 10.1 Å². The van der Waals surface area contributed by atoms with Crippen LogP contribution in [-0.2, 0) is 11.3 Å². The van der Waals surface area contributed by atoms with Crippen molar-refractivity contribution < 1.29 is 9.18 Å². The first-order chi connectivity index (χ1) is 14.1. The highest BCUT2D eigenvalue weighted by molar-refractivity contribution is 5.81. The van der Waals surface area contributed by atoms with E-state index in [4.69, 9.17) is 0 Å². The summed E-state index contributed by atoms with van der Waals surface area (Å²) in [6.45, 7) is 0.650. The van der Waals surface area contributed by atoms with E-state index in [1.165, 1.54) is 11.6 Å². The second-order valence-electron chi connectivity index (χ2n) is 8.61. The Labute approximate surface area is 170 Å². The number of anilines is 1. The molecule has 3 atom stereocenters. The number of carbonyl (C=O) groups excluding carboxylic acids is 1. The number of fused-ring (bicyclic) bond motifs is 3. The summed E-state index contributed by atoms with van der Waals surface area (Å²) in [6, 6.07) is 15.4. The number of hydrogen-bond donors (Lipinski definition) is 1. The number of benzene rings is 2. The highest BCUT2D eigenvalue weighted by Gasteiger charge is 2.43. The molecule has 2 aromatic rings. The van der Waals surface area contributed by atoms with E-state index < -0.39 is 0 Å². The minimum Gasteiger partial charge on any atom is -0.363 e. The zero-order chi connectivity index (χ0) is 20.0. The average molecular weight is 389 g/mol. The summed E-state index contributed by atoms with van der Waals surface area (Å²) in [5.74, 6) is 0.488. The summed E-state index contributed by atoms with van der Waals surface area (Å²) < 4.78 is 13.7. The molecule has 2 unspecified atom stereocenters. The third kappa shape index (κ3) is 3.48. The summed E-state index contributed by atoms with van der Waals surface area (Å²) in [6.07, 6.45) is 4.86. The molecule has 0 saturated heterocycles. The van der Waals surface area contributed by atoms with Gasteiger partial charge in [0.05, 0.1) is 11.6 Å². The number of carbonyl (C=O) groups is 1. The molecule has 2 saturated carbocycles. The van der Waals surface area contributed by atoms with Gasteiger partial charge in [-0.3, -0.25) is 4.79 Å². The van der Waals surface area contributed by atoms with Gasteiger partial charge in [-0.25, -0.2) is 4.39 Å². The van der Waals surface area contributed by atoms with Gasteiger partial charge in [0.15, 0.2) is 0 Å². The summed E-state index contributed by atoms with van der Waals surface area (Å²) in [5, 5.41) is 12.6. The van der Waals surface area contributed by atoms with Gasteiger partial charge in [-0.1, -0.05) is 12.1 Å². The van der Waals surface area contributed by atoms with Crippen molar-refractivity contribution in [2.45, 2.75) is 56.7 Å². The van der Waals surface area contributed by atoms with Crippen LogP contribution in [0, 0.1) is 23.1 Å². The van der Waals surface area contributed by atoms with Crippen molar-refractivity contribution in [3.63, 3.8) is 0 Å². The normalized spacial score (nSPS) is 25.1. The molecule has 0 radical (unpaired) electrons. The van der Waals surface area contributed by atoms with E-state index in [-0.39, 0.29) is 29.6 Å². The van der Waals surface area contributed by atoms with Crippen LogP contribution < -0.4 is 10.2 Å². The first kappa shape index (κ1) is 18.2. The fourth-order valence-electron chi connectivity index (χ4n) is 5.05. The Morgan fingerprint density at radius 3 is 2.79 bits per heavy atom. The Bertz CT molecular complexity index is 994. The number of nitriles is 1. The van der Waals surface area contributed by atoms with E-state index in [2.05, 4.69) is 16.3 Å². The van der Waals surface area contributed by atoms with Gasteiger partial charge >= 0.3 is 0 Å². The van der Waals surface area contributed by atoms with Gasteiger partial charge in [0.25, 0.3) is 0 Å². The monoisotopic (exact) mass is 389 g/mol. The number of rotatable bonds is 4. The highest BCUT2D eigenvalue weighted by Crippen LogP contribution is 2.48. The molecule has 0 aromatic heterocycles. The van der Waals surface area contributed by atoms with Crippen LogP contribution in [0.1, 0.15) is 54.7 Å². The maximum absolute atomic E-state index is 13.7. The van der Waals surface area contributed by atoms with E-state index in [0.717, 1.165) is 43.4 Å². The predicted octanol–water partition coefficient (Wildman–Crippen LogP) is 4.25. The molecule has 2 aromatic carbocycles. The Balaban J connectivity index is 1.43. The molecular weight excluding hydrogens is 365 g/mol. The third-order valence-corrected chi connectivity index (χ3v) is 6.62. The number of nitrogens with one attached hydrogen (secondary N) is 1. The van der Waals surface area contributed by atoms with Crippen molar-refractivity contribution in [2.75, 3.05) is 4.90 Å². The average Bonchev–Trinajstić information content (AvgIpc) is 3.53. The van der Waals surface area contributed by atoms with Crippen LogP contribution in [0.5, 0.6) is 0 Å². The Morgan fingerprint density at radius 2 is 2.03 bits per heavy atom. The predicted molar refractivity (Wildman–Crippen MR) is 109 cm³/mol. The SMILES string of the molecule is N#Cc1ccc2c(c1)C1C[C@H](NC(=O)C3CC3)CCC1N2Cc1cccc(F)c1. The van der Waals surface area contributed by atoms with Crippen LogP contribution >= 0.6 is 0 Å².